The molecule has 0 bridgehead atoms. The molecular formula is C24H22N4O2. The first-order valence-electron chi connectivity index (χ1n) is 9.54. The van der Waals surface area contributed by atoms with Crippen molar-refractivity contribution >= 4 is 5.69 Å². The van der Waals surface area contributed by atoms with E-state index in [4.69, 9.17) is 20.2 Å². The van der Waals surface area contributed by atoms with Crippen LogP contribution in [0.1, 0.15) is 11.1 Å². The Kier molecular flexibility index (Phi) is 5.57. The van der Waals surface area contributed by atoms with Gasteiger partial charge in [-0.15, -0.1) is 0 Å². The second-order valence-electron chi connectivity index (χ2n) is 6.85. The average molecular weight is 398 g/mol. The van der Waals surface area contributed by atoms with E-state index in [0.29, 0.717) is 18.3 Å². The molecule has 0 unspecified atom stereocenters. The first-order chi connectivity index (χ1) is 14.6. The zero-order valence-corrected chi connectivity index (χ0v) is 16.9. The van der Waals surface area contributed by atoms with E-state index in [1.54, 1.807) is 19.5 Å². The lowest BCUT2D eigenvalue weighted by atomic mass is 10.0. The molecule has 0 fully saturated rings. The molecule has 0 atom stereocenters. The molecule has 0 aliphatic rings. The summed E-state index contributed by atoms with van der Waals surface area (Å²) in [5.41, 5.74) is 12.1. The molecule has 0 amide bonds. The van der Waals surface area contributed by atoms with Crippen molar-refractivity contribution in [3.05, 3.63) is 84.2 Å². The number of hydrogen-bond acceptors (Lipinski definition) is 6. The summed E-state index contributed by atoms with van der Waals surface area (Å²) in [6.07, 6.45) is 3.44. The quantitative estimate of drug-likeness (QED) is 0.508. The van der Waals surface area contributed by atoms with E-state index >= 15 is 0 Å². The van der Waals surface area contributed by atoms with E-state index in [2.05, 4.69) is 9.97 Å². The van der Waals surface area contributed by atoms with Gasteiger partial charge in [0.25, 0.3) is 0 Å². The van der Waals surface area contributed by atoms with Gasteiger partial charge in [0.2, 0.25) is 0 Å². The Hall–Kier alpha value is -3.93. The molecule has 0 saturated carbocycles. The number of nitrogens with two attached hydrogens (primary N) is 1. The van der Waals surface area contributed by atoms with Crippen LogP contribution in [0.5, 0.6) is 11.8 Å². The van der Waals surface area contributed by atoms with E-state index in [-0.39, 0.29) is 0 Å². The lowest BCUT2D eigenvalue weighted by Crippen LogP contribution is -2.01. The van der Waals surface area contributed by atoms with E-state index < -0.39 is 0 Å². The van der Waals surface area contributed by atoms with Gasteiger partial charge in [0.15, 0.2) is 0 Å². The zero-order valence-electron chi connectivity index (χ0n) is 16.9. The minimum absolute atomic E-state index is 0.311. The van der Waals surface area contributed by atoms with Gasteiger partial charge in [0, 0.05) is 23.5 Å². The summed E-state index contributed by atoms with van der Waals surface area (Å²) in [5, 5.41) is 0. The van der Waals surface area contributed by atoms with Crippen LogP contribution in [-0.2, 0) is 6.61 Å². The normalized spacial score (nSPS) is 10.6. The van der Waals surface area contributed by atoms with E-state index in [9.17, 15) is 0 Å². The molecule has 6 nitrogen and oxygen atoms in total. The van der Waals surface area contributed by atoms with Crippen LogP contribution in [0.4, 0.5) is 5.69 Å². The molecule has 0 aliphatic carbocycles. The van der Waals surface area contributed by atoms with Gasteiger partial charge in [-0.25, -0.2) is 15.0 Å². The summed E-state index contributed by atoms with van der Waals surface area (Å²) < 4.78 is 10.9. The monoisotopic (exact) mass is 398 g/mol. The third-order valence-electron chi connectivity index (χ3n) is 4.72. The van der Waals surface area contributed by atoms with E-state index in [1.807, 2.05) is 67.6 Å². The highest BCUT2D eigenvalue weighted by molar-refractivity contribution is 5.77. The molecule has 0 saturated heterocycles. The average Bonchev–Trinajstić information content (AvgIpc) is 2.79. The summed E-state index contributed by atoms with van der Waals surface area (Å²) in [6, 6.07) is 19.8. The fourth-order valence-corrected chi connectivity index (χ4v) is 3.14. The number of rotatable bonds is 6. The number of ether oxygens (including phenoxy) is 2. The topological polar surface area (TPSA) is 83.2 Å². The van der Waals surface area contributed by atoms with Crippen molar-refractivity contribution in [3.8, 4) is 34.3 Å². The molecule has 0 aliphatic heterocycles. The van der Waals surface area contributed by atoms with Crippen molar-refractivity contribution in [2.24, 2.45) is 0 Å². The van der Waals surface area contributed by atoms with Crippen LogP contribution in [0, 0.1) is 6.92 Å². The van der Waals surface area contributed by atoms with Crippen LogP contribution >= 0.6 is 0 Å². The predicted octanol–water partition coefficient (Wildman–Crippen LogP) is 4.68. The fourth-order valence-electron chi connectivity index (χ4n) is 3.14. The first-order valence-corrected chi connectivity index (χ1v) is 9.54. The van der Waals surface area contributed by atoms with Gasteiger partial charge < -0.3 is 15.2 Å². The highest BCUT2D eigenvalue weighted by atomic mass is 16.5. The third-order valence-corrected chi connectivity index (χ3v) is 4.72. The van der Waals surface area contributed by atoms with Crippen molar-refractivity contribution in [3.63, 3.8) is 0 Å². The van der Waals surface area contributed by atoms with Gasteiger partial charge in [-0.2, -0.15) is 0 Å². The molecule has 0 radical (unpaired) electrons. The summed E-state index contributed by atoms with van der Waals surface area (Å²) in [6.45, 7) is 2.35. The van der Waals surface area contributed by atoms with Gasteiger partial charge in [-0.05, 0) is 36.2 Å². The predicted molar refractivity (Wildman–Crippen MR) is 117 cm³/mol. The van der Waals surface area contributed by atoms with Crippen LogP contribution in [0.2, 0.25) is 0 Å². The lowest BCUT2D eigenvalue weighted by molar-refractivity contribution is 0.280. The largest absolute Gasteiger partial charge is 0.497 e. The van der Waals surface area contributed by atoms with Crippen LogP contribution in [0.25, 0.3) is 22.5 Å². The van der Waals surface area contributed by atoms with Gasteiger partial charge in [0.05, 0.1) is 24.2 Å². The van der Waals surface area contributed by atoms with Crippen molar-refractivity contribution < 1.29 is 9.47 Å². The maximum atomic E-state index is 6.22. The minimum atomic E-state index is 0.311. The summed E-state index contributed by atoms with van der Waals surface area (Å²) >= 11 is 0. The smallest absolute Gasteiger partial charge is 0.316 e. The second-order valence-corrected chi connectivity index (χ2v) is 6.85. The van der Waals surface area contributed by atoms with Crippen molar-refractivity contribution in [2.45, 2.75) is 13.5 Å². The highest BCUT2D eigenvalue weighted by Crippen LogP contribution is 2.30. The molecule has 4 aromatic rings. The van der Waals surface area contributed by atoms with Crippen molar-refractivity contribution in [1.29, 1.82) is 0 Å². The van der Waals surface area contributed by atoms with Crippen molar-refractivity contribution in [2.75, 3.05) is 12.8 Å². The van der Waals surface area contributed by atoms with Gasteiger partial charge in [-0.1, -0.05) is 42.5 Å². The van der Waals surface area contributed by atoms with Crippen LogP contribution in [0.3, 0.4) is 0 Å². The Morgan fingerprint density at radius 3 is 2.23 bits per heavy atom. The number of aromatic nitrogens is 3. The number of methoxy groups -OCH3 is 1. The highest BCUT2D eigenvalue weighted by Gasteiger charge is 2.12. The zero-order chi connectivity index (χ0) is 20.9. The number of nitrogen functional groups attached to an aromatic ring is 1. The van der Waals surface area contributed by atoms with Crippen molar-refractivity contribution in [1.82, 2.24) is 15.0 Å². The molecular weight excluding hydrogens is 376 g/mol. The Labute approximate surface area is 175 Å². The van der Waals surface area contributed by atoms with Gasteiger partial charge >= 0.3 is 6.01 Å². The SMILES string of the molecule is COc1ccc(COc2ncc(-c3nc(-c4ccccc4)c(N)cc3C)cn2)cc1. The number of anilines is 1. The standard InChI is InChI=1S/C24H22N4O2/c1-16-12-21(25)23(18-6-4-3-5-7-18)28-22(16)19-13-26-24(27-14-19)30-15-17-8-10-20(29-2)11-9-17/h3-14H,15,25H2,1-2H3. The molecule has 2 N–H and O–H groups in total. The number of hydrogen-bond donors (Lipinski definition) is 1. The number of benzene rings is 2. The Bertz CT molecular complexity index is 1130. The minimum Gasteiger partial charge on any atom is -0.497 e. The Morgan fingerprint density at radius 1 is 0.867 bits per heavy atom. The maximum Gasteiger partial charge on any atom is 0.316 e. The molecule has 4 rings (SSSR count). The molecule has 6 heteroatoms. The summed E-state index contributed by atoms with van der Waals surface area (Å²) in [4.78, 5) is 13.5. The summed E-state index contributed by atoms with van der Waals surface area (Å²) in [7, 11) is 1.64. The molecule has 2 heterocycles. The molecule has 2 aromatic heterocycles. The molecule has 0 spiro atoms. The van der Waals surface area contributed by atoms with Gasteiger partial charge in [-0.3, -0.25) is 0 Å². The number of aryl methyl sites for hydroxylation is 1. The number of pyridine rings is 1. The fraction of sp³-hybridized carbons (Fsp3) is 0.125. The van der Waals surface area contributed by atoms with E-state index in [1.165, 1.54) is 0 Å². The van der Waals surface area contributed by atoms with Crippen LogP contribution in [-0.4, -0.2) is 22.1 Å². The summed E-state index contributed by atoms with van der Waals surface area (Å²) in [5.74, 6) is 0.806. The van der Waals surface area contributed by atoms with Crippen LogP contribution in [0.15, 0.2) is 73.1 Å². The maximum absolute atomic E-state index is 6.22. The van der Waals surface area contributed by atoms with Crippen LogP contribution < -0.4 is 15.2 Å². The number of nitrogens with zero attached hydrogens (tertiary/aromatic N) is 3. The molecule has 30 heavy (non-hydrogen) atoms. The Morgan fingerprint density at radius 2 is 1.57 bits per heavy atom. The Balaban J connectivity index is 1.53. The third kappa shape index (κ3) is 4.22. The van der Waals surface area contributed by atoms with E-state index in [0.717, 1.165) is 39.4 Å². The second kappa shape index (κ2) is 8.61. The van der Waals surface area contributed by atoms with Gasteiger partial charge in [0.1, 0.15) is 12.4 Å². The molecule has 150 valence electrons. The lowest BCUT2D eigenvalue weighted by Gasteiger charge is -2.11. The molecule has 2 aromatic carbocycles. The first kappa shape index (κ1) is 19.4.